The predicted octanol–water partition coefficient (Wildman–Crippen LogP) is 3.80. The molecule has 2 atom stereocenters. The van der Waals surface area contributed by atoms with E-state index < -0.39 is 0 Å². The summed E-state index contributed by atoms with van der Waals surface area (Å²) in [5, 5.41) is 3.72. The van der Waals surface area contributed by atoms with Crippen LogP contribution in [0.5, 0.6) is 0 Å². The molecule has 21 heavy (non-hydrogen) atoms. The Morgan fingerprint density at radius 1 is 1.10 bits per heavy atom. The molecular formula is C19H24N2. The molecule has 0 aliphatic heterocycles. The third-order valence-corrected chi connectivity index (χ3v) is 4.97. The first-order valence-corrected chi connectivity index (χ1v) is 7.86. The molecule has 1 aromatic carbocycles. The van der Waals surface area contributed by atoms with Gasteiger partial charge in [0.2, 0.25) is 0 Å². The molecule has 1 N–H and O–H groups in total. The van der Waals surface area contributed by atoms with Crippen molar-refractivity contribution in [3.8, 4) is 0 Å². The van der Waals surface area contributed by atoms with Gasteiger partial charge in [0, 0.05) is 30.9 Å². The average molecular weight is 280 g/mol. The van der Waals surface area contributed by atoms with E-state index in [1.807, 2.05) is 12.3 Å². The topological polar surface area (TPSA) is 24.9 Å². The number of hydrogen-bond acceptors (Lipinski definition) is 2. The summed E-state index contributed by atoms with van der Waals surface area (Å²) in [7, 11) is 0. The van der Waals surface area contributed by atoms with Crippen molar-refractivity contribution in [2.45, 2.75) is 38.6 Å². The van der Waals surface area contributed by atoms with E-state index in [0.717, 1.165) is 13.0 Å². The number of nitrogens with zero attached hydrogens (tertiary/aromatic N) is 1. The van der Waals surface area contributed by atoms with Crippen LogP contribution in [0.25, 0.3) is 0 Å². The van der Waals surface area contributed by atoms with Crippen LogP contribution in [0, 0.1) is 5.41 Å². The summed E-state index contributed by atoms with van der Waals surface area (Å²) >= 11 is 0. The van der Waals surface area contributed by atoms with Crippen LogP contribution in [-0.2, 0) is 6.42 Å². The molecule has 2 aromatic rings. The van der Waals surface area contributed by atoms with Gasteiger partial charge in [0.1, 0.15) is 0 Å². The molecule has 3 rings (SSSR count). The van der Waals surface area contributed by atoms with Crippen LogP contribution >= 0.6 is 0 Å². The van der Waals surface area contributed by atoms with Gasteiger partial charge in [-0.25, -0.2) is 0 Å². The number of nitrogens with one attached hydrogen (secondary N) is 1. The van der Waals surface area contributed by atoms with E-state index >= 15 is 0 Å². The summed E-state index contributed by atoms with van der Waals surface area (Å²) in [6, 6.07) is 17.6. The zero-order valence-corrected chi connectivity index (χ0v) is 12.9. The van der Waals surface area contributed by atoms with E-state index in [-0.39, 0.29) is 0 Å². The van der Waals surface area contributed by atoms with E-state index in [1.165, 1.54) is 17.7 Å². The molecule has 1 fully saturated rings. The van der Waals surface area contributed by atoms with Crippen LogP contribution in [-0.4, -0.2) is 17.6 Å². The Kier molecular flexibility index (Phi) is 4.07. The van der Waals surface area contributed by atoms with Gasteiger partial charge in [-0.15, -0.1) is 0 Å². The number of hydrogen-bond donors (Lipinski definition) is 1. The molecule has 2 nitrogen and oxygen atoms in total. The zero-order chi connectivity index (χ0) is 14.7. The van der Waals surface area contributed by atoms with E-state index in [4.69, 9.17) is 0 Å². The van der Waals surface area contributed by atoms with Crippen molar-refractivity contribution < 1.29 is 0 Å². The van der Waals surface area contributed by atoms with E-state index in [0.29, 0.717) is 17.4 Å². The molecular weight excluding hydrogens is 256 g/mol. The number of benzene rings is 1. The monoisotopic (exact) mass is 280 g/mol. The fourth-order valence-corrected chi connectivity index (χ4v) is 3.44. The molecule has 0 saturated heterocycles. The first kappa shape index (κ1) is 14.3. The molecule has 1 aromatic heterocycles. The van der Waals surface area contributed by atoms with Gasteiger partial charge in [-0.3, -0.25) is 4.98 Å². The Labute approximate surface area is 127 Å². The molecule has 0 spiro atoms. The third-order valence-electron chi connectivity index (χ3n) is 4.97. The molecule has 1 saturated carbocycles. The van der Waals surface area contributed by atoms with Gasteiger partial charge in [0.25, 0.3) is 0 Å². The van der Waals surface area contributed by atoms with Crippen molar-refractivity contribution in [3.63, 3.8) is 0 Å². The second-order valence-electron chi connectivity index (χ2n) is 6.60. The Bertz CT molecular complexity index is 563. The van der Waals surface area contributed by atoms with Crippen LogP contribution < -0.4 is 5.32 Å². The van der Waals surface area contributed by atoms with Gasteiger partial charge < -0.3 is 5.32 Å². The highest BCUT2D eigenvalue weighted by atomic mass is 15.0. The lowest BCUT2D eigenvalue weighted by Crippen LogP contribution is -2.55. The second kappa shape index (κ2) is 5.98. The SMILES string of the molecule is CC1(C)[C@@H](NCCc2ccccn2)C[C@@H]1c1ccccc1. The lowest BCUT2D eigenvalue weighted by molar-refractivity contribution is 0.0696. The second-order valence-corrected chi connectivity index (χ2v) is 6.60. The van der Waals surface area contributed by atoms with Gasteiger partial charge in [0.15, 0.2) is 0 Å². The average Bonchev–Trinajstić information content (AvgIpc) is 2.52. The first-order chi connectivity index (χ1) is 10.2. The lowest BCUT2D eigenvalue weighted by atomic mass is 9.56. The van der Waals surface area contributed by atoms with E-state index in [1.54, 1.807) is 0 Å². The van der Waals surface area contributed by atoms with Gasteiger partial charge in [-0.1, -0.05) is 50.2 Å². The van der Waals surface area contributed by atoms with Crippen LogP contribution in [0.2, 0.25) is 0 Å². The van der Waals surface area contributed by atoms with Crippen LogP contribution in [0.4, 0.5) is 0 Å². The quantitative estimate of drug-likeness (QED) is 0.901. The maximum atomic E-state index is 4.38. The molecule has 1 heterocycles. The fourth-order valence-electron chi connectivity index (χ4n) is 3.44. The minimum atomic E-state index is 0.325. The van der Waals surface area contributed by atoms with Crippen molar-refractivity contribution in [1.82, 2.24) is 10.3 Å². The standard InChI is InChI=1S/C19H24N2/c1-19(2)17(15-8-4-3-5-9-15)14-18(19)21-13-11-16-10-6-7-12-20-16/h3-10,12,17-18,21H,11,13-14H2,1-2H3/t17-,18+/m1/s1. The molecule has 110 valence electrons. The first-order valence-electron chi connectivity index (χ1n) is 7.86. The highest BCUT2D eigenvalue weighted by Gasteiger charge is 2.48. The minimum Gasteiger partial charge on any atom is -0.313 e. The van der Waals surface area contributed by atoms with Crippen molar-refractivity contribution in [2.75, 3.05) is 6.54 Å². The smallest absolute Gasteiger partial charge is 0.0416 e. The van der Waals surface area contributed by atoms with Crippen molar-refractivity contribution in [3.05, 3.63) is 66.0 Å². The highest BCUT2D eigenvalue weighted by molar-refractivity contribution is 5.27. The lowest BCUT2D eigenvalue weighted by Gasteiger charge is -2.53. The van der Waals surface area contributed by atoms with Crippen molar-refractivity contribution >= 4 is 0 Å². The minimum absolute atomic E-state index is 0.325. The number of aromatic nitrogens is 1. The normalized spacial score (nSPS) is 23.5. The molecule has 1 aliphatic carbocycles. The highest BCUT2D eigenvalue weighted by Crippen LogP contribution is 2.52. The van der Waals surface area contributed by atoms with Crippen LogP contribution in [0.1, 0.15) is 37.4 Å². The Morgan fingerprint density at radius 2 is 1.86 bits per heavy atom. The third kappa shape index (κ3) is 3.01. The number of pyridine rings is 1. The molecule has 0 amide bonds. The largest absolute Gasteiger partial charge is 0.313 e. The van der Waals surface area contributed by atoms with Crippen molar-refractivity contribution in [1.29, 1.82) is 0 Å². The molecule has 0 unspecified atom stereocenters. The molecule has 1 aliphatic rings. The van der Waals surface area contributed by atoms with Crippen LogP contribution in [0.3, 0.4) is 0 Å². The van der Waals surface area contributed by atoms with Crippen molar-refractivity contribution in [2.24, 2.45) is 5.41 Å². The Morgan fingerprint density at radius 3 is 2.52 bits per heavy atom. The van der Waals surface area contributed by atoms with Gasteiger partial charge in [0.05, 0.1) is 0 Å². The number of rotatable bonds is 5. The van der Waals surface area contributed by atoms with E-state index in [2.05, 4.69) is 66.6 Å². The zero-order valence-electron chi connectivity index (χ0n) is 12.9. The summed E-state index contributed by atoms with van der Waals surface area (Å²) < 4.78 is 0. The predicted molar refractivity (Wildman–Crippen MR) is 87.3 cm³/mol. The summed E-state index contributed by atoms with van der Waals surface area (Å²) in [6.45, 7) is 5.77. The van der Waals surface area contributed by atoms with E-state index in [9.17, 15) is 0 Å². The van der Waals surface area contributed by atoms with Crippen LogP contribution in [0.15, 0.2) is 54.7 Å². The molecule has 0 radical (unpaired) electrons. The van der Waals surface area contributed by atoms with Gasteiger partial charge in [-0.2, -0.15) is 0 Å². The molecule has 0 bridgehead atoms. The summed E-state index contributed by atoms with van der Waals surface area (Å²) in [6.07, 6.45) is 4.11. The van der Waals surface area contributed by atoms with Gasteiger partial charge in [-0.05, 0) is 35.4 Å². The summed E-state index contributed by atoms with van der Waals surface area (Å²) in [5.74, 6) is 0.672. The maximum absolute atomic E-state index is 4.38. The Hall–Kier alpha value is -1.67. The fraction of sp³-hybridized carbons (Fsp3) is 0.421. The molecule has 2 heteroatoms. The maximum Gasteiger partial charge on any atom is 0.0416 e. The van der Waals surface area contributed by atoms with Gasteiger partial charge >= 0.3 is 0 Å². The summed E-state index contributed by atoms with van der Waals surface area (Å²) in [4.78, 5) is 4.38. The Balaban J connectivity index is 1.52. The summed E-state index contributed by atoms with van der Waals surface area (Å²) in [5.41, 5.74) is 2.97.